The van der Waals surface area contributed by atoms with E-state index in [-0.39, 0.29) is 11.9 Å². The van der Waals surface area contributed by atoms with Crippen LogP contribution < -0.4 is 11.1 Å². The molecule has 4 heteroatoms. The third-order valence-corrected chi connectivity index (χ3v) is 3.20. The first-order chi connectivity index (χ1) is 7.50. The number of aryl methyl sites for hydroxylation is 1. The molecule has 1 atom stereocenters. The van der Waals surface area contributed by atoms with Gasteiger partial charge in [-0.15, -0.1) is 0 Å². The summed E-state index contributed by atoms with van der Waals surface area (Å²) in [5, 5.41) is 3.30. The molecule has 0 aliphatic heterocycles. The van der Waals surface area contributed by atoms with Crippen LogP contribution in [0, 0.1) is 0 Å². The molecule has 2 rings (SSSR count). The van der Waals surface area contributed by atoms with Crippen LogP contribution in [-0.4, -0.2) is 11.4 Å². The van der Waals surface area contributed by atoms with E-state index in [1.54, 1.807) is 6.26 Å². The average molecular weight is 222 g/mol. The molecule has 1 aliphatic rings. The SMILES string of the molecule is CC(C)(NC1CCCc2occc21)C(N)=O. The maximum atomic E-state index is 11.3. The minimum Gasteiger partial charge on any atom is -0.469 e. The highest BCUT2D eigenvalue weighted by molar-refractivity contribution is 5.83. The Balaban J connectivity index is 2.17. The van der Waals surface area contributed by atoms with Gasteiger partial charge in [0.2, 0.25) is 5.91 Å². The Morgan fingerprint density at radius 2 is 2.38 bits per heavy atom. The van der Waals surface area contributed by atoms with Crippen molar-refractivity contribution in [3.8, 4) is 0 Å². The van der Waals surface area contributed by atoms with E-state index in [2.05, 4.69) is 5.32 Å². The third-order valence-electron chi connectivity index (χ3n) is 3.20. The topological polar surface area (TPSA) is 68.3 Å². The monoisotopic (exact) mass is 222 g/mol. The van der Waals surface area contributed by atoms with Crippen molar-refractivity contribution in [3.63, 3.8) is 0 Å². The van der Waals surface area contributed by atoms with Gasteiger partial charge in [-0.2, -0.15) is 0 Å². The molecule has 0 saturated heterocycles. The average Bonchev–Trinajstić information content (AvgIpc) is 2.65. The van der Waals surface area contributed by atoms with Gasteiger partial charge in [0.25, 0.3) is 0 Å². The van der Waals surface area contributed by atoms with Crippen LogP contribution in [0.1, 0.15) is 44.1 Å². The molecule has 0 saturated carbocycles. The zero-order valence-electron chi connectivity index (χ0n) is 9.75. The lowest BCUT2D eigenvalue weighted by molar-refractivity contribution is -0.123. The van der Waals surface area contributed by atoms with E-state index >= 15 is 0 Å². The molecule has 88 valence electrons. The summed E-state index contributed by atoms with van der Waals surface area (Å²) in [5.74, 6) is 0.701. The quantitative estimate of drug-likeness (QED) is 0.814. The first-order valence-electron chi connectivity index (χ1n) is 5.64. The van der Waals surface area contributed by atoms with Crippen molar-refractivity contribution in [1.29, 1.82) is 0 Å². The lowest BCUT2D eigenvalue weighted by Gasteiger charge is -2.31. The van der Waals surface area contributed by atoms with Crippen LogP contribution in [0.3, 0.4) is 0 Å². The van der Waals surface area contributed by atoms with Crippen molar-refractivity contribution < 1.29 is 9.21 Å². The minimum absolute atomic E-state index is 0.171. The molecule has 0 aromatic carbocycles. The number of furan rings is 1. The summed E-state index contributed by atoms with van der Waals surface area (Å²) in [6, 6.07) is 2.15. The minimum atomic E-state index is -0.684. The Kier molecular flexibility index (Phi) is 2.76. The van der Waals surface area contributed by atoms with Gasteiger partial charge in [-0.3, -0.25) is 10.1 Å². The molecule has 0 bridgehead atoms. The fourth-order valence-electron chi connectivity index (χ4n) is 2.14. The van der Waals surface area contributed by atoms with Crippen molar-refractivity contribution in [3.05, 3.63) is 23.7 Å². The number of nitrogens with two attached hydrogens (primary N) is 1. The first-order valence-corrected chi connectivity index (χ1v) is 5.64. The Morgan fingerprint density at radius 1 is 1.62 bits per heavy atom. The number of primary amides is 1. The number of hydrogen-bond acceptors (Lipinski definition) is 3. The van der Waals surface area contributed by atoms with Crippen LogP contribution in [0.5, 0.6) is 0 Å². The second-order valence-electron chi connectivity index (χ2n) is 4.88. The number of carbonyl (C=O) groups excluding carboxylic acids is 1. The standard InChI is InChI=1S/C12H18N2O2/c1-12(2,11(13)15)14-9-4-3-5-10-8(9)6-7-16-10/h6-7,9,14H,3-5H2,1-2H3,(H2,13,15). The van der Waals surface area contributed by atoms with Crippen molar-refractivity contribution in [1.82, 2.24) is 5.32 Å². The number of hydrogen-bond donors (Lipinski definition) is 2. The van der Waals surface area contributed by atoms with Gasteiger partial charge in [-0.05, 0) is 32.8 Å². The molecule has 1 amide bonds. The van der Waals surface area contributed by atoms with Gasteiger partial charge in [0, 0.05) is 18.0 Å². The number of amides is 1. The summed E-state index contributed by atoms with van der Waals surface area (Å²) < 4.78 is 5.40. The molecule has 0 spiro atoms. The van der Waals surface area contributed by atoms with Crippen molar-refractivity contribution in [2.75, 3.05) is 0 Å². The molecule has 4 nitrogen and oxygen atoms in total. The van der Waals surface area contributed by atoms with E-state index in [1.165, 1.54) is 5.56 Å². The van der Waals surface area contributed by atoms with Crippen LogP contribution in [0.25, 0.3) is 0 Å². The van der Waals surface area contributed by atoms with E-state index in [0.717, 1.165) is 25.0 Å². The van der Waals surface area contributed by atoms with Crippen molar-refractivity contribution in [2.24, 2.45) is 5.73 Å². The van der Waals surface area contributed by atoms with Crippen LogP contribution in [0.2, 0.25) is 0 Å². The molecule has 0 fully saturated rings. The van der Waals surface area contributed by atoms with Gasteiger partial charge in [-0.25, -0.2) is 0 Å². The van der Waals surface area contributed by atoms with Gasteiger partial charge in [-0.1, -0.05) is 0 Å². The molecule has 1 aromatic heterocycles. The van der Waals surface area contributed by atoms with E-state index in [1.807, 2.05) is 19.9 Å². The molecule has 1 aliphatic carbocycles. The van der Waals surface area contributed by atoms with Gasteiger partial charge in [0.1, 0.15) is 5.76 Å². The molecule has 1 aromatic rings. The van der Waals surface area contributed by atoms with Crippen LogP contribution >= 0.6 is 0 Å². The van der Waals surface area contributed by atoms with Gasteiger partial charge < -0.3 is 10.2 Å². The zero-order valence-corrected chi connectivity index (χ0v) is 9.75. The smallest absolute Gasteiger partial charge is 0.237 e. The molecule has 1 heterocycles. The molecule has 0 radical (unpaired) electrons. The second-order valence-corrected chi connectivity index (χ2v) is 4.88. The fourth-order valence-corrected chi connectivity index (χ4v) is 2.14. The maximum absolute atomic E-state index is 11.3. The van der Waals surface area contributed by atoms with Crippen LogP contribution in [0.15, 0.2) is 16.7 Å². The maximum Gasteiger partial charge on any atom is 0.237 e. The summed E-state index contributed by atoms with van der Waals surface area (Å²) in [7, 11) is 0. The van der Waals surface area contributed by atoms with E-state index in [0.29, 0.717) is 0 Å². The van der Waals surface area contributed by atoms with E-state index < -0.39 is 5.54 Å². The first kappa shape index (κ1) is 11.2. The zero-order chi connectivity index (χ0) is 11.8. The summed E-state index contributed by atoms with van der Waals surface area (Å²) in [6.45, 7) is 3.62. The number of rotatable bonds is 3. The molecule has 3 N–H and O–H groups in total. The fraction of sp³-hybridized carbons (Fsp3) is 0.583. The summed E-state index contributed by atoms with van der Waals surface area (Å²) >= 11 is 0. The number of nitrogens with one attached hydrogen (secondary N) is 1. The molecular weight excluding hydrogens is 204 g/mol. The third kappa shape index (κ3) is 1.97. The number of fused-ring (bicyclic) bond motifs is 1. The lowest BCUT2D eigenvalue weighted by atomic mass is 9.91. The molecule has 16 heavy (non-hydrogen) atoms. The normalized spacial score (nSPS) is 20.5. The predicted molar refractivity (Wildman–Crippen MR) is 60.8 cm³/mol. The second kappa shape index (κ2) is 3.94. The Bertz CT molecular complexity index is 395. The van der Waals surface area contributed by atoms with Crippen molar-refractivity contribution >= 4 is 5.91 Å². The Hall–Kier alpha value is -1.29. The highest BCUT2D eigenvalue weighted by Gasteiger charge is 2.31. The highest BCUT2D eigenvalue weighted by Crippen LogP contribution is 2.31. The Morgan fingerprint density at radius 3 is 3.06 bits per heavy atom. The Labute approximate surface area is 95.2 Å². The lowest BCUT2D eigenvalue weighted by Crippen LogP contribution is -2.52. The van der Waals surface area contributed by atoms with Gasteiger partial charge in [0.05, 0.1) is 11.8 Å². The van der Waals surface area contributed by atoms with E-state index in [4.69, 9.17) is 10.2 Å². The van der Waals surface area contributed by atoms with Crippen LogP contribution in [0.4, 0.5) is 0 Å². The molecule has 1 unspecified atom stereocenters. The van der Waals surface area contributed by atoms with E-state index in [9.17, 15) is 4.79 Å². The van der Waals surface area contributed by atoms with Crippen molar-refractivity contribution in [2.45, 2.75) is 44.7 Å². The molecular formula is C12H18N2O2. The summed E-state index contributed by atoms with van der Waals surface area (Å²) in [6.07, 6.45) is 4.79. The van der Waals surface area contributed by atoms with Gasteiger partial charge in [0.15, 0.2) is 0 Å². The number of carbonyl (C=O) groups is 1. The summed E-state index contributed by atoms with van der Waals surface area (Å²) in [4.78, 5) is 11.3. The summed E-state index contributed by atoms with van der Waals surface area (Å²) in [5.41, 5.74) is 5.84. The largest absolute Gasteiger partial charge is 0.469 e. The van der Waals surface area contributed by atoms with Gasteiger partial charge >= 0.3 is 0 Å². The predicted octanol–water partition coefficient (Wildman–Crippen LogP) is 1.51. The highest BCUT2D eigenvalue weighted by atomic mass is 16.3. The van der Waals surface area contributed by atoms with Crippen LogP contribution in [-0.2, 0) is 11.2 Å².